The van der Waals surface area contributed by atoms with Crippen LogP contribution in [0.2, 0.25) is 12.1 Å². The zero-order valence-corrected chi connectivity index (χ0v) is 11.5. The average molecular weight is 195 g/mol. The minimum atomic E-state index is 0.365. The zero-order valence-electron chi connectivity index (χ0n) is 11.5. The Kier molecular flexibility index (Phi) is 4.31. The molecule has 0 amide bonds. The minimum absolute atomic E-state index is 0.365. The minimum Gasteiger partial charge on any atom is -0.0914 e. The van der Waals surface area contributed by atoms with E-state index in [1.54, 1.807) is 0 Å². The predicted octanol–water partition coefficient (Wildman–Crippen LogP) is 4.79. The molecule has 0 rings (SSSR count). The van der Waals surface area contributed by atoms with Crippen LogP contribution in [-0.2, 0) is 0 Å². The van der Waals surface area contributed by atoms with E-state index in [0.717, 1.165) is 0 Å². The lowest BCUT2D eigenvalue weighted by Crippen LogP contribution is -2.36. The molecule has 0 spiro atoms. The summed E-state index contributed by atoms with van der Waals surface area (Å²) in [4.78, 5) is 0. The number of hydrogen-bond acceptors (Lipinski definition) is 0. The van der Waals surface area contributed by atoms with Gasteiger partial charge in [-0.3, -0.25) is 0 Å². The summed E-state index contributed by atoms with van der Waals surface area (Å²) in [6, 6.07) is 0. The van der Waals surface area contributed by atoms with Crippen molar-refractivity contribution in [2.45, 2.75) is 73.4 Å². The van der Waals surface area contributed by atoms with Crippen LogP contribution in [0.15, 0.2) is 0 Å². The van der Waals surface area contributed by atoms with E-state index in [4.69, 9.17) is 0 Å². The maximum atomic E-state index is 2.43. The van der Waals surface area contributed by atoms with E-state index in [2.05, 4.69) is 62.6 Å². The summed E-state index contributed by atoms with van der Waals surface area (Å²) in [6.45, 7) is 18.6. The monoisotopic (exact) mass is 195 g/mol. The molecule has 1 heteroatoms. The second kappa shape index (κ2) is 4.29. The molecule has 0 aromatic rings. The first-order chi connectivity index (χ1) is 6.08. The van der Waals surface area contributed by atoms with Crippen LogP contribution in [0.3, 0.4) is 0 Å². The first kappa shape index (κ1) is 14.1. The van der Waals surface area contributed by atoms with Gasteiger partial charge < -0.3 is 0 Å². The molecule has 1 unspecified atom stereocenters. The van der Waals surface area contributed by atoms with Gasteiger partial charge in [0, 0.05) is 0 Å². The smallest absolute Gasteiger partial charge is 0.0914 e. The Labute approximate surface area is 92.1 Å². The largest absolute Gasteiger partial charge is 0.115 e. The molecular weight excluding hydrogens is 167 g/mol. The van der Waals surface area contributed by atoms with Crippen LogP contribution in [0, 0.1) is 10.8 Å². The molecule has 1 atom stereocenters. The molecule has 0 aliphatic heterocycles. The van der Waals surface area contributed by atoms with Gasteiger partial charge in [0.2, 0.25) is 0 Å². The van der Waals surface area contributed by atoms with Crippen molar-refractivity contribution in [1.29, 1.82) is 0 Å². The van der Waals surface area contributed by atoms with E-state index in [1.165, 1.54) is 12.8 Å². The summed E-state index contributed by atoms with van der Waals surface area (Å²) < 4.78 is 0. The molecule has 0 fully saturated rings. The molecule has 0 aliphatic rings. The Morgan fingerprint density at radius 1 is 0.929 bits per heavy atom. The van der Waals surface area contributed by atoms with Gasteiger partial charge in [0.05, 0.1) is 0 Å². The van der Waals surface area contributed by atoms with Gasteiger partial charge in [0.15, 0.2) is 0 Å². The van der Waals surface area contributed by atoms with Gasteiger partial charge in [-0.2, -0.15) is 0 Å². The van der Waals surface area contributed by atoms with Crippen LogP contribution < -0.4 is 0 Å². The van der Waals surface area contributed by atoms with Crippen LogP contribution in [0.1, 0.15) is 61.3 Å². The second-order valence-electron chi connectivity index (χ2n) is 6.79. The first-order valence-electron chi connectivity index (χ1n) is 5.88. The van der Waals surface area contributed by atoms with Crippen molar-refractivity contribution in [2.75, 3.05) is 0 Å². The molecule has 0 aliphatic carbocycles. The Hall–Kier alpha value is 0.0649. The summed E-state index contributed by atoms with van der Waals surface area (Å²) in [5, 5.41) is 0.380. The predicted molar refractivity (Wildman–Crippen MR) is 68.1 cm³/mol. The van der Waals surface area contributed by atoms with Crippen molar-refractivity contribution < 1.29 is 0 Å². The lowest BCUT2D eigenvalue weighted by molar-refractivity contribution is 0.175. The molecule has 0 nitrogen and oxygen atoms in total. The van der Waals surface area contributed by atoms with Gasteiger partial charge in [-0.05, 0) is 17.3 Å². The maximum Gasteiger partial charge on any atom is 0.115 e. The van der Waals surface area contributed by atoms with Crippen molar-refractivity contribution in [3.05, 3.63) is 0 Å². The Bertz CT molecular complexity index is 165. The number of rotatable bonds is 3. The van der Waals surface area contributed by atoms with Crippen molar-refractivity contribution in [1.82, 2.24) is 0 Å². The Balaban J connectivity index is 4.91. The standard InChI is InChI=1S/C13H28B/c1-9-13(14-8,12(5,6)7)10-11(2,3)4/h9-10H2,1-8H3. The molecule has 0 saturated heterocycles. The highest BCUT2D eigenvalue weighted by molar-refractivity contribution is 6.38. The topological polar surface area (TPSA) is 0 Å². The van der Waals surface area contributed by atoms with E-state index in [-0.39, 0.29) is 0 Å². The molecule has 14 heavy (non-hydrogen) atoms. The maximum absolute atomic E-state index is 2.43. The molecule has 0 heterocycles. The molecule has 1 radical (unpaired) electrons. The summed E-state index contributed by atoms with van der Waals surface area (Å²) in [5.74, 6) is 0. The lowest BCUT2D eigenvalue weighted by Gasteiger charge is -2.48. The third-order valence-corrected chi connectivity index (χ3v) is 3.52. The van der Waals surface area contributed by atoms with Gasteiger partial charge in [0.25, 0.3) is 0 Å². The number of hydrogen-bond donors (Lipinski definition) is 0. The molecule has 83 valence electrons. The normalized spacial score (nSPS) is 17.7. The summed E-state index contributed by atoms with van der Waals surface area (Å²) in [5.41, 5.74) is 0.777. The fourth-order valence-electron chi connectivity index (χ4n) is 2.61. The molecule has 0 saturated carbocycles. The van der Waals surface area contributed by atoms with E-state index in [0.29, 0.717) is 16.1 Å². The fraction of sp³-hybridized carbons (Fsp3) is 1.00. The molecule has 0 bridgehead atoms. The van der Waals surface area contributed by atoms with Crippen LogP contribution in [0.5, 0.6) is 0 Å². The van der Waals surface area contributed by atoms with Crippen LogP contribution >= 0.6 is 0 Å². The summed E-state index contributed by atoms with van der Waals surface area (Å²) >= 11 is 0. The highest BCUT2D eigenvalue weighted by atomic mass is 14.4. The highest BCUT2D eigenvalue weighted by Crippen LogP contribution is 2.54. The highest BCUT2D eigenvalue weighted by Gasteiger charge is 2.41. The summed E-state index contributed by atoms with van der Waals surface area (Å²) in [7, 11) is 2.43. The van der Waals surface area contributed by atoms with Gasteiger partial charge >= 0.3 is 0 Å². The third-order valence-electron chi connectivity index (χ3n) is 3.52. The van der Waals surface area contributed by atoms with Crippen molar-refractivity contribution in [3.63, 3.8) is 0 Å². The van der Waals surface area contributed by atoms with E-state index in [9.17, 15) is 0 Å². The zero-order chi connectivity index (χ0) is 11.6. The fourth-order valence-corrected chi connectivity index (χ4v) is 2.61. The molecular formula is C13H28B. The van der Waals surface area contributed by atoms with Crippen LogP contribution in [0.4, 0.5) is 0 Å². The van der Waals surface area contributed by atoms with Crippen LogP contribution in [-0.4, -0.2) is 7.28 Å². The first-order valence-corrected chi connectivity index (χ1v) is 5.88. The molecule has 0 aromatic heterocycles. The van der Waals surface area contributed by atoms with Crippen molar-refractivity contribution in [2.24, 2.45) is 10.8 Å². The Morgan fingerprint density at radius 2 is 1.36 bits per heavy atom. The van der Waals surface area contributed by atoms with E-state index < -0.39 is 0 Å². The average Bonchev–Trinajstić information content (AvgIpc) is 1.96. The van der Waals surface area contributed by atoms with Crippen molar-refractivity contribution in [3.8, 4) is 0 Å². The molecule has 0 aromatic carbocycles. The molecule has 0 N–H and O–H groups in total. The van der Waals surface area contributed by atoms with Gasteiger partial charge in [-0.25, -0.2) is 0 Å². The van der Waals surface area contributed by atoms with E-state index >= 15 is 0 Å². The SMILES string of the molecule is C[B]C(CC)(CC(C)(C)C)C(C)(C)C. The quantitative estimate of drug-likeness (QED) is 0.568. The lowest BCUT2D eigenvalue weighted by atomic mass is 9.40. The van der Waals surface area contributed by atoms with Gasteiger partial charge in [0.1, 0.15) is 7.28 Å². The van der Waals surface area contributed by atoms with Gasteiger partial charge in [-0.1, -0.05) is 67.0 Å². The summed E-state index contributed by atoms with van der Waals surface area (Å²) in [6.07, 6.45) is 2.51. The van der Waals surface area contributed by atoms with Crippen molar-refractivity contribution >= 4 is 7.28 Å². The third kappa shape index (κ3) is 3.33. The van der Waals surface area contributed by atoms with E-state index in [1.807, 2.05) is 0 Å². The Morgan fingerprint density at radius 3 is 1.43 bits per heavy atom. The van der Waals surface area contributed by atoms with Crippen LogP contribution in [0.25, 0.3) is 0 Å². The van der Waals surface area contributed by atoms with Gasteiger partial charge in [-0.15, -0.1) is 0 Å². The second-order valence-corrected chi connectivity index (χ2v) is 6.79.